The maximum Gasteiger partial charge on any atom is 0.241 e. The van der Waals surface area contributed by atoms with Crippen LogP contribution in [0.1, 0.15) is 27.8 Å². The molecule has 3 nitrogen and oxygen atoms in total. The summed E-state index contributed by atoms with van der Waals surface area (Å²) in [5.41, 5.74) is 3.63. The molecule has 0 radical (unpaired) electrons. The zero-order valence-electron chi connectivity index (χ0n) is 13.2. The average molecular weight is 321 g/mol. The van der Waals surface area contributed by atoms with Crippen molar-refractivity contribution in [2.45, 2.75) is 39.1 Å². The van der Waals surface area contributed by atoms with Gasteiger partial charge in [0.15, 0.2) is 0 Å². The molecule has 0 saturated heterocycles. The highest BCUT2D eigenvalue weighted by Gasteiger charge is 2.22. The second kappa shape index (κ2) is 6.18. The highest BCUT2D eigenvalue weighted by atomic mass is 32.2. The van der Waals surface area contributed by atoms with Crippen molar-refractivity contribution in [3.63, 3.8) is 0 Å². The first-order valence-electron chi connectivity index (χ1n) is 7.04. The molecule has 118 valence electrons. The van der Waals surface area contributed by atoms with E-state index in [1.54, 1.807) is 32.0 Å². The predicted octanol–water partition coefficient (Wildman–Crippen LogP) is 3.54. The van der Waals surface area contributed by atoms with Crippen molar-refractivity contribution in [1.82, 2.24) is 4.72 Å². The Kier molecular flexibility index (Phi) is 4.68. The van der Waals surface area contributed by atoms with Gasteiger partial charge >= 0.3 is 0 Å². The van der Waals surface area contributed by atoms with Gasteiger partial charge in [-0.15, -0.1) is 0 Å². The van der Waals surface area contributed by atoms with Gasteiger partial charge in [-0.2, -0.15) is 0 Å². The van der Waals surface area contributed by atoms with Gasteiger partial charge in [0.25, 0.3) is 0 Å². The number of rotatable bonds is 4. The highest BCUT2D eigenvalue weighted by Crippen LogP contribution is 2.26. The summed E-state index contributed by atoms with van der Waals surface area (Å²) in [4.78, 5) is 0.293. The number of hydrogen-bond donors (Lipinski definition) is 1. The van der Waals surface area contributed by atoms with Crippen LogP contribution < -0.4 is 4.72 Å². The number of hydrogen-bond acceptors (Lipinski definition) is 2. The molecular weight excluding hydrogens is 301 g/mol. The zero-order chi connectivity index (χ0) is 16.5. The molecule has 0 spiro atoms. The summed E-state index contributed by atoms with van der Waals surface area (Å²) in [6.07, 6.45) is 0. The molecule has 0 bridgehead atoms. The molecule has 0 atom stereocenters. The van der Waals surface area contributed by atoms with Crippen LogP contribution in [0, 0.1) is 33.5 Å². The number of sulfonamides is 1. The minimum Gasteiger partial charge on any atom is -0.207 e. The highest BCUT2D eigenvalue weighted by molar-refractivity contribution is 7.89. The van der Waals surface area contributed by atoms with Crippen LogP contribution in [-0.2, 0) is 16.6 Å². The van der Waals surface area contributed by atoms with Crippen molar-refractivity contribution in [2.24, 2.45) is 0 Å². The van der Waals surface area contributed by atoms with Crippen molar-refractivity contribution in [3.05, 3.63) is 64.0 Å². The summed E-state index contributed by atoms with van der Waals surface area (Å²) in [6, 6.07) is 8.11. The summed E-state index contributed by atoms with van der Waals surface area (Å²) >= 11 is 0. The van der Waals surface area contributed by atoms with Gasteiger partial charge < -0.3 is 0 Å². The number of nitrogens with one attached hydrogen (secondary N) is 1. The second-order valence-corrected chi connectivity index (χ2v) is 7.21. The van der Waals surface area contributed by atoms with Crippen LogP contribution >= 0.6 is 0 Å². The quantitative estimate of drug-likeness (QED) is 0.936. The van der Waals surface area contributed by atoms with Crippen LogP contribution in [0.25, 0.3) is 0 Å². The standard InChI is InChI=1S/C17H20FNO2S/c1-11-9-12(2)14(4)17(13(11)3)22(20,21)19-10-15-7-5-6-8-16(15)18/h5-9,19H,10H2,1-4H3. The molecule has 0 amide bonds. The van der Waals surface area contributed by atoms with Gasteiger partial charge in [-0.1, -0.05) is 24.3 Å². The van der Waals surface area contributed by atoms with E-state index in [-0.39, 0.29) is 6.54 Å². The minimum atomic E-state index is -3.70. The molecule has 0 unspecified atom stereocenters. The molecule has 22 heavy (non-hydrogen) atoms. The SMILES string of the molecule is Cc1cc(C)c(C)c(S(=O)(=O)NCc2ccccc2F)c1C. The largest absolute Gasteiger partial charge is 0.241 e. The number of aryl methyl sites for hydroxylation is 2. The van der Waals surface area contributed by atoms with Gasteiger partial charge in [0, 0.05) is 12.1 Å². The Morgan fingerprint density at radius 1 is 1.00 bits per heavy atom. The second-order valence-electron chi connectivity index (χ2n) is 5.51. The van der Waals surface area contributed by atoms with Crippen molar-refractivity contribution in [2.75, 3.05) is 0 Å². The molecule has 2 rings (SSSR count). The van der Waals surface area contributed by atoms with Crippen molar-refractivity contribution < 1.29 is 12.8 Å². The van der Waals surface area contributed by atoms with Gasteiger partial charge in [-0.25, -0.2) is 17.5 Å². The molecule has 5 heteroatoms. The molecule has 0 aliphatic rings. The van der Waals surface area contributed by atoms with E-state index in [4.69, 9.17) is 0 Å². The van der Waals surface area contributed by atoms with E-state index >= 15 is 0 Å². The molecule has 2 aromatic carbocycles. The molecule has 0 aliphatic carbocycles. The van der Waals surface area contributed by atoms with E-state index in [0.29, 0.717) is 10.5 Å². The van der Waals surface area contributed by atoms with Gasteiger partial charge in [-0.05, 0) is 56.0 Å². The Morgan fingerprint density at radius 3 is 2.09 bits per heavy atom. The Morgan fingerprint density at radius 2 is 1.55 bits per heavy atom. The minimum absolute atomic E-state index is 0.0686. The van der Waals surface area contributed by atoms with Crippen molar-refractivity contribution in [1.29, 1.82) is 0 Å². The van der Waals surface area contributed by atoms with E-state index in [9.17, 15) is 12.8 Å². The van der Waals surface area contributed by atoms with Gasteiger partial charge in [0.1, 0.15) is 5.82 Å². The third-order valence-electron chi connectivity index (χ3n) is 3.98. The number of benzene rings is 2. The monoisotopic (exact) mass is 321 g/mol. The van der Waals surface area contributed by atoms with Gasteiger partial charge in [-0.3, -0.25) is 0 Å². The summed E-state index contributed by atoms with van der Waals surface area (Å²) in [5, 5.41) is 0. The lowest BCUT2D eigenvalue weighted by molar-refractivity contribution is 0.573. The average Bonchev–Trinajstić information content (AvgIpc) is 2.44. The van der Waals surface area contributed by atoms with E-state index in [1.165, 1.54) is 6.07 Å². The smallest absolute Gasteiger partial charge is 0.207 e. The maximum atomic E-state index is 13.6. The van der Waals surface area contributed by atoms with E-state index < -0.39 is 15.8 Å². The Hall–Kier alpha value is -1.72. The third kappa shape index (κ3) is 3.20. The van der Waals surface area contributed by atoms with Crippen LogP contribution in [-0.4, -0.2) is 8.42 Å². The van der Waals surface area contributed by atoms with Crippen LogP contribution in [0.4, 0.5) is 4.39 Å². The first-order valence-corrected chi connectivity index (χ1v) is 8.53. The molecule has 0 heterocycles. The first kappa shape index (κ1) is 16.6. The molecule has 2 aromatic rings. The molecule has 1 N–H and O–H groups in total. The lowest BCUT2D eigenvalue weighted by Crippen LogP contribution is -2.25. The van der Waals surface area contributed by atoms with Gasteiger partial charge in [0.2, 0.25) is 10.0 Å². The fraction of sp³-hybridized carbons (Fsp3) is 0.294. The maximum absolute atomic E-state index is 13.6. The first-order chi connectivity index (χ1) is 10.2. The van der Waals surface area contributed by atoms with E-state index in [1.807, 2.05) is 19.9 Å². The third-order valence-corrected chi connectivity index (χ3v) is 5.65. The number of halogens is 1. The Bertz CT molecular complexity index is 787. The lowest BCUT2D eigenvalue weighted by atomic mass is 10.0. The van der Waals surface area contributed by atoms with Crippen LogP contribution in [0.2, 0.25) is 0 Å². The van der Waals surface area contributed by atoms with Crippen molar-refractivity contribution in [3.8, 4) is 0 Å². The van der Waals surface area contributed by atoms with Crippen molar-refractivity contribution >= 4 is 10.0 Å². The predicted molar refractivity (Wildman–Crippen MR) is 85.8 cm³/mol. The van der Waals surface area contributed by atoms with E-state index in [0.717, 1.165) is 22.3 Å². The Labute approximate surface area is 131 Å². The topological polar surface area (TPSA) is 46.2 Å². The molecule has 0 fully saturated rings. The molecule has 0 aromatic heterocycles. The normalized spacial score (nSPS) is 11.7. The molecule has 0 saturated carbocycles. The molecule has 0 aliphatic heterocycles. The fourth-order valence-electron chi connectivity index (χ4n) is 2.47. The summed E-state index contributed by atoms with van der Waals surface area (Å²) < 4.78 is 41.4. The van der Waals surface area contributed by atoms with Gasteiger partial charge in [0.05, 0.1) is 4.90 Å². The van der Waals surface area contributed by atoms with E-state index in [2.05, 4.69) is 4.72 Å². The Balaban J connectivity index is 2.38. The zero-order valence-corrected chi connectivity index (χ0v) is 14.0. The summed E-state index contributed by atoms with van der Waals surface area (Å²) in [6.45, 7) is 7.29. The fourth-order valence-corrected chi connectivity index (χ4v) is 4.09. The lowest BCUT2D eigenvalue weighted by Gasteiger charge is -2.16. The van der Waals surface area contributed by atoms with Crippen LogP contribution in [0.15, 0.2) is 35.2 Å². The van der Waals surface area contributed by atoms with Crippen LogP contribution in [0.5, 0.6) is 0 Å². The van der Waals surface area contributed by atoms with Crippen LogP contribution in [0.3, 0.4) is 0 Å². The molecular formula is C17H20FNO2S. The summed E-state index contributed by atoms with van der Waals surface area (Å²) in [5.74, 6) is -0.418. The summed E-state index contributed by atoms with van der Waals surface area (Å²) in [7, 11) is -3.70.